The van der Waals surface area contributed by atoms with Crippen molar-refractivity contribution in [1.82, 2.24) is 5.32 Å². The number of carbonyl (C=O) groups excluding carboxylic acids is 1. The molecule has 0 spiro atoms. The molecule has 0 aromatic heterocycles. The molecule has 1 amide bonds. The normalized spacial score (nSPS) is 15.0. The molecule has 0 saturated carbocycles. The van der Waals surface area contributed by atoms with E-state index in [9.17, 15) is 9.18 Å². The van der Waals surface area contributed by atoms with Gasteiger partial charge in [0, 0.05) is 58.9 Å². The summed E-state index contributed by atoms with van der Waals surface area (Å²) < 4.78 is 15.2. The number of aliphatic imine (C=N–C) groups is 1. The summed E-state index contributed by atoms with van der Waals surface area (Å²) in [7, 11) is 5.65. The van der Waals surface area contributed by atoms with Gasteiger partial charge >= 0.3 is 0 Å². The average molecular weight is 591 g/mol. The topological polar surface area (TPSA) is 60.0 Å². The summed E-state index contributed by atoms with van der Waals surface area (Å²) in [6, 6.07) is 23.9. The van der Waals surface area contributed by atoms with Crippen LogP contribution in [0, 0.1) is 5.82 Å². The predicted octanol–water partition coefficient (Wildman–Crippen LogP) is 5.93. The Morgan fingerprint density at radius 1 is 1.00 bits per heavy atom. The molecule has 0 bridgehead atoms. The van der Waals surface area contributed by atoms with Crippen molar-refractivity contribution in [2.75, 3.05) is 36.3 Å². The van der Waals surface area contributed by atoms with E-state index in [1.165, 1.54) is 17.0 Å². The maximum Gasteiger partial charge on any atom is 0.272 e. The minimum atomic E-state index is -1.04. The zero-order chi connectivity index (χ0) is 27.0. The molecule has 9 heteroatoms. The molecule has 0 fully saturated rings. The number of carbonyl (C=O) groups is 1. The molecule has 4 aromatic carbocycles. The zero-order valence-electron chi connectivity index (χ0n) is 21.0. The van der Waals surface area contributed by atoms with Crippen LogP contribution < -0.4 is 20.4 Å². The van der Waals surface area contributed by atoms with Crippen molar-refractivity contribution < 1.29 is 9.18 Å². The number of nitrogens with zero attached hydrogens (tertiary/aromatic N) is 3. The third kappa shape index (κ3) is 4.87. The minimum absolute atomic E-state index is 0.242. The third-order valence-electron chi connectivity index (χ3n) is 6.43. The molecule has 192 valence electrons. The number of benzodiazepines with no additional fused rings is 1. The van der Waals surface area contributed by atoms with Crippen LogP contribution in [0.1, 0.15) is 11.1 Å². The summed E-state index contributed by atoms with van der Waals surface area (Å²) in [5.41, 5.74) is 4.17. The Bertz CT molecular complexity index is 1610. The van der Waals surface area contributed by atoms with Gasteiger partial charge in [-0.05, 0) is 48.6 Å². The molecule has 4 aromatic rings. The smallest absolute Gasteiger partial charge is 0.272 e. The number of rotatable bonds is 4. The Labute approximate surface area is 234 Å². The lowest BCUT2D eigenvalue weighted by Gasteiger charge is -2.22. The zero-order valence-corrected chi connectivity index (χ0v) is 23.4. The quantitative estimate of drug-likeness (QED) is 0.289. The lowest BCUT2D eigenvalue weighted by molar-refractivity contribution is -0.119. The van der Waals surface area contributed by atoms with Crippen LogP contribution >= 0.6 is 28.1 Å². The van der Waals surface area contributed by atoms with Crippen molar-refractivity contribution in [3.8, 4) is 0 Å². The average Bonchev–Trinajstić information content (AvgIpc) is 2.99. The summed E-state index contributed by atoms with van der Waals surface area (Å²) in [5, 5.41) is 8.63. The Morgan fingerprint density at radius 2 is 1.71 bits per heavy atom. The van der Waals surface area contributed by atoms with Crippen LogP contribution in [-0.2, 0) is 4.79 Å². The Hall–Kier alpha value is -3.82. The molecule has 1 unspecified atom stereocenters. The number of anilines is 3. The van der Waals surface area contributed by atoms with Gasteiger partial charge in [-0.15, -0.1) is 0 Å². The van der Waals surface area contributed by atoms with E-state index in [0.29, 0.717) is 17.0 Å². The highest BCUT2D eigenvalue weighted by Crippen LogP contribution is 2.32. The second-order valence-corrected chi connectivity index (χ2v) is 10.4. The van der Waals surface area contributed by atoms with Gasteiger partial charge in [-0.3, -0.25) is 4.79 Å². The van der Waals surface area contributed by atoms with Gasteiger partial charge in [-0.1, -0.05) is 58.4 Å². The molecule has 0 radical (unpaired) electrons. The van der Waals surface area contributed by atoms with Crippen LogP contribution in [0.25, 0.3) is 10.8 Å². The highest BCUT2D eigenvalue weighted by atomic mass is 79.9. The van der Waals surface area contributed by atoms with E-state index in [4.69, 9.17) is 17.2 Å². The SMILES string of the molecule is CN(C)c1ccc(NC(=S)NC2N=C(c3ccccc3Br)c3cc(F)ccc3N(C)C2=O)c2ccccc12. The number of likely N-dealkylation sites (N-methyl/N-ethyl adjacent to an activating group) is 1. The van der Waals surface area contributed by atoms with E-state index in [1.807, 2.05) is 68.7 Å². The summed E-state index contributed by atoms with van der Waals surface area (Å²) in [5.74, 6) is -0.738. The summed E-state index contributed by atoms with van der Waals surface area (Å²) in [6.45, 7) is 0. The molecule has 1 heterocycles. The van der Waals surface area contributed by atoms with Crippen molar-refractivity contribution in [3.05, 3.63) is 100 Å². The highest BCUT2D eigenvalue weighted by Gasteiger charge is 2.31. The molecule has 0 aliphatic carbocycles. The van der Waals surface area contributed by atoms with Gasteiger partial charge in [0.2, 0.25) is 6.17 Å². The second-order valence-electron chi connectivity index (χ2n) is 9.09. The largest absolute Gasteiger partial charge is 0.377 e. The Morgan fingerprint density at radius 3 is 2.45 bits per heavy atom. The van der Waals surface area contributed by atoms with Gasteiger partial charge < -0.3 is 20.4 Å². The van der Waals surface area contributed by atoms with Gasteiger partial charge in [-0.2, -0.15) is 0 Å². The molecule has 38 heavy (non-hydrogen) atoms. The molecular weight excluding hydrogens is 565 g/mol. The molecule has 1 aliphatic heterocycles. The van der Waals surface area contributed by atoms with E-state index < -0.39 is 12.0 Å². The first-order valence-electron chi connectivity index (χ1n) is 11.9. The van der Waals surface area contributed by atoms with Crippen molar-refractivity contribution in [1.29, 1.82) is 0 Å². The number of hydrogen-bond acceptors (Lipinski definition) is 4. The maximum atomic E-state index is 14.4. The van der Waals surface area contributed by atoms with Crippen LogP contribution in [0.4, 0.5) is 21.5 Å². The fourth-order valence-electron chi connectivity index (χ4n) is 4.57. The summed E-state index contributed by atoms with van der Waals surface area (Å²) >= 11 is 9.22. The van der Waals surface area contributed by atoms with Crippen molar-refractivity contribution in [2.45, 2.75) is 6.17 Å². The Balaban J connectivity index is 1.52. The van der Waals surface area contributed by atoms with Gasteiger partial charge in [0.1, 0.15) is 5.82 Å². The van der Waals surface area contributed by atoms with E-state index in [1.54, 1.807) is 13.1 Å². The molecule has 1 atom stereocenters. The van der Waals surface area contributed by atoms with Gasteiger partial charge in [-0.25, -0.2) is 9.38 Å². The van der Waals surface area contributed by atoms with E-state index in [-0.39, 0.29) is 11.0 Å². The number of benzene rings is 4. The van der Waals surface area contributed by atoms with Gasteiger partial charge in [0.25, 0.3) is 5.91 Å². The standard InChI is InChI=1S/C29H25BrFN5OS/c1-35(2)24-15-13-23(18-8-4-5-9-19(18)24)32-29(38)34-27-28(37)36(3)25-14-12-17(31)16-21(25)26(33-27)20-10-6-7-11-22(20)30/h4-16,27H,1-3H3,(H2,32,34,38). The first-order valence-corrected chi connectivity index (χ1v) is 13.1. The number of hydrogen-bond donors (Lipinski definition) is 2. The number of thiocarbonyl (C=S) groups is 1. The van der Waals surface area contributed by atoms with E-state index >= 15 is 0 Å². The third-order valence-corrected chi connectivity index (χ3v) is 7.34. The second kappa shape index (κ2) is 10.5. The van der Waals surface area contributed by atoms with E-state index in [0.717, 1.165) is 32.2 Å². The molecule has 5 rings (SSSR count). The minimum Gasteiger partial charge on any atom is -0.377 e. The fourth-order valence-corrected chi connectivity index (χ4v) is 5.27. The molecule has 6 nitrogen and oxygen atoms in total. The van der Waals surface area contributed by atoms with Crippen LogP contribution in [0.15, 0.2) is 88.3 Å². The summed E-state index contributed by atoms with van der Waals surface area (Å²) in [4.78, 5) is 21.9. The fraction of sp³-hybridized carbons (Fsp3) is 0.138. The van der Waals surface area contributed by atoms with Crippen LogP contribution in [0.5, 0.6) is 0 Å². The van der Waals surface area contributed by atoms with Crippen LogP contribution in [0.2, 0.25) is 0 Å². The first kappa shape index (κ1) is 25.8. The summed E-state index contributed by atoms with van der Waals surface area (Å²) in [6.07, 6.45) is -1.04. The molecule has 1 aliphatic rings. The number of nitrogens with one attached hydrogen (secondary N) is 2. The molecule has 0 saturated heterocycles. The predicted molar refractivity (Wildman–Crippen MR) is 161 cm³/mol. The monoisotopic (exact) mass is 589 g/mol. The first-order chi connectivity index (χ1) is 18.2. The van der Waals surface area contributed by atoms with Crippen molar-refractivity contribution >= 4 is 72.7 Å². The maximum absolute atomic E-state index is 14.4. The molecular formula is C29H25BrFN5OS. The number of amides is 1. The van der Waals surface area contributed by atoms with Gasteiger partial charge in [0.05, 0.1) is 11.4 Å². The van der Waals surface area contributed by atoms with Gasteiger partial charge in [0.15, 0.2) is 5.11 Å². The lowest BCUT2D eigenvalue weighted by atomic mass is 10.00. The van der Waals surface area contributed by atoms with Crippen LogP contribution in [0.3, 0.4) is 0 Å². The van der Waals surface area contributed by atoms with E-state index in [2.05, 4.69) is 37.5 Å². The highest BCUT2D eigenvalue weighted by molar-refractivity contribution is 9.10. The number of halogens is 2. The Kier molecular flexibility index (Phi) is 7.14. The number of fused-ring (bicyclic) bond motifs is 2. The molecule has 2 N–H and O–H groups in total. The van der Waals surface area contributed by atoms with Crippen molar-refractivity contribution in [2.24, 2.45) is 4.99 Å². The lowest BCUT2D eigenvalue weighted by Crippen LogP contribution is -2.47. The van der Waals surface area contributed by atoms with Crippen molar-refractivity contribution in [3.63, 3.8) is 0 Å². The van der Waals surface area contributed by atoms with Crippen LogP contribution in [-0.4, -0.2) is 44.0 Å².